The molecule has 1 heterocycles. The van der Waals surface area contributed by atoms with Gasteiger partial charge in [-0.1, -0.05) is 30.3 Å². The van der Waals surface area contributed by atoms with E-state index in [1.165, 1.54) is 18.4 Å². The first-order valence-electron chi connectivity index (χ1n) is 5.04. The minimum absolute atomic E-state index is 0.663. The quantitative estimate of drug-likeness (QED) is 0.724. The molecule has 1 N–H and O–H groups in total. The average Bonchev–Trinajstić information content (AvgIpc) is 2.21. The van der Waals surface area contributed by atoms with Crippen LogP contribution in [0, 0.1) is 6.42 Å². The Kier molecular flexibility index (Phi) is 2.98. The summed E-state index contributed by atoms with van der Waals surface area (Å²) in [5.41, 5.74) is 1.44. The highest BCUT2D eigenvalue weighted by Crippen LogP contribution is 2.11. The van der Waals surface area contributed by atoms with Crippen molar-refractivity contribution in [3.63, 3.8) is 0 Å². The van der Waals surface area contributed by atoms with Gasteiger partial charge in [-0.05, 0) is 37.8 Å². The minimum atomic E-state index is 0.663. The van der Waals surface area contributed by atoms with E-state index in [0.29, 0.717) is 6.04 Å². The molecule has 1 heteroatoms. The molecule has 1 saturated heterocycles. The molecule has 1 aromatic carbocycles. The summed E-state index contributed by atoms with van der Waals surface area (Å²) in [6.07, 6.45) is 6.00. The van der Waals surface area contributed by atoms with Gasteiger partial charge in [0.2, 0.25) is 0 Å². The third-order valence-electron chi connectivity index (χ3n) is 2.56. The summed E-state index contributed by atoms with van der Waals surface area (Å²) in [5, 5.41) is 3.54. The van der Waals surface area contributed by atoms with Crippen LogP contribution in [0.5, 0.6) is 0 Å². The summed E-state index contributed by atoms with van der Waals surface area (Å²) < 4.78 is 0. The lowest BCUT2D eigenvalue weighted by Gasteiger charge is -2.23. The number of nitrogens with one attached hydrogen (secondary N) is 1. The number of piperidine rings is 1. The maximum atomic E-state index is 3.54. The van der Waals surface area contributed by atoms with Crippen LogP contribution >= 0.6 is 0 Å². The minimum Gasteiger partial charge on any atom is -0.314 e. The van der Waals surface area contributed by atoms with E-state index in [9.17, 15) is 0 Å². The highest BCUT2D eigenvalue weighted by Gasteiger charge is 2.12. The fourth-order valence-electron chi connectivity index (χ4n) is 1.85. The predicted molar refractivity (Wildman–Crippen MR) is 55.5 cm³/mol. The van der Waals surface area contributed by atoms with Crippen molar-refractivity contribution < 1.29 is 0 Å². The maximum Gasteiger partial charge on any atom is 0.0110 e. The monoisotopic (exact) mass is 174 g/mol. The topological polar surface area (TPSA) is 12.0 Å². The van der Waals surface area contributed by atoms with Crippen molar-refractivity contribution in [3.05, 3.63) is 42.3 Å². The number of hydrogen-bond donors (Lipinski definition) is 1. The van der Waals surface area contributed by atoms with Crippen LogP contribution in [-0.2, 0) is 6.42 Å². The Morgan fingerprint density at radius 2 is 2.08 bits per heavy atom. The van der Waals surface area contributed by atoms with Gasteiger partial charge in [0.1, 0.15) is 0 Å². The first-order chi connectivity index (χ1) is 6.45. The first kappa shape index (κ1) is 8.76. The van der Waals surface area contributed by atoms with E-state index in [-0.39, 0.29) is 0 Å². The van der Waals surface area contributed by atoms with E-state index in [4.69, 9.17) is 0 Å². The Labute approximate surface area is 80.2 Å². The summed E-state index contributed by atoms with van der Waals surface area (Å²) >= 11 is 0. The second-order valence-electron chi connectivity index (χ2n) is 3.65. The van der Waals surface area contributed by atoms with Gasteiger partial charge in [-0.25, -0.2) is 0 Å². The third-order valence-corrected chi connectivity index (χ3v) is 2.56. The number of benzene rings is 1. The second kappa shape index (κ2) is 4.43. The molecule has 13 heavy (non-hydrogen) atoms. The SMILES string of the molecule is [CH]1CCNC(Cc2ccccc2)C1. The van der Waals surface area contributed by atoms with Crippen LogP contribution in [0.2, 0.25) is 0 Å². The van der Waals surface area contributed by atoms with E-state index in [1.54, 1.807) is 0 Å². The molecule has 1 radical (unpaired) electrons. The van der Waals surface area contributed by atoms with Crippen molar-refractivity contribution in [1.82, 2.24) is 5.32 Å². The molecule has 69 valence electrons. The van der Waals surface area contributed by atoms with Crippen molar-refractivity contribution in [3.8, 4) is 0 Å². The van der Waals surface area contributed by atoms with Gasteiger partial charge in [0, 0.05) is 6.04 Å². The van der Waals surface area contributed by atoms with Crippen LogP contribution in [0.25, 0.3) is 0 Å². The normalized spacial score (nSPS) is 22.9. The van der Waals surface area contributed by atoms with E-state index < -0.39 is 0 Å². The lowest BCUT2D eigenvalue weighted by Crippen LogP contribution is -2.35. The zero-order valence-corrected chi connectivity index (χ0v) is 7.87. The van der Waals surface area contributed by atoms with Crippen molar-refractivity contribution >= 4 is 0 Å². The summed E-state index contributed by atoms with van der Waals surface area (Å²) in [5.74, 6) is 0. The summed E-state index contributed by atoms with van der Waals surface area (Å²) in [7, 11) is 0. The smallest absolute Gasteiger partial charge is 0.0110 e. The molecule has 0 bridgehead atoms. The summed E-state index contributed by atoms with van der Waals surface area (Å²) in [6, 6.07) is 11.4. The molecule has 1 aliphatic heterocycles. The Bertz CT molecular complexity index is 237. The van der Waals surface area contributed by atoms with Gasteiger partial charge in [-0.2, -0.15) is 0 Å². The van der Waals surface area contributed by atoms with E-state index in [2.05, 4.69) is 42.1 Å². The zero-order valence-electron chi connectivity index (χ0n) is 7.87. The van der Waals surface area contributed by atoms with Gasteiger partial charge < -0.3 is 5.32 Å². The maximum absolute atomic E-state index is 3.54. The van der Waals surface area contributed by atoms with Gasteiger partial charge in [-0.15, -0.1) is 0 Å². The van der Waals surface area contributed by atoms with Gasteiger partial charge in [-0.3, -0.25) is 0 Å². The predicted octanol–water partition coefficient (Wildman–Crippen LogP) is 2.19. The van der Waals surface area contributed by atoms with Gasteiger partial charge in [0.05, 0.1) is 0 Å². The van der Waals surface area contributed by atoms with Gasteiger partial charge >= 0.3 is 0 Å². The van der Waals surface area contributed by atoms with Crippen molar-refractivity contribution in [2.45, 2.75) is 25.3 Å². The molecule has 0 aromatic heterocycles. The highest BCUT2D eigenvalue weighted by atomic mass is 14.9. The van der Waals surface area contributed by atoms with Crippen LogP contribution in [-0.4, -0.2) is 12.6 Å². The fourth-order valence-corrected chi connectivity index (χ4v) is 1.85. The summed E-state index contributed by atoms with van der Waals surface area (Å²) in [4.78, 5) is 0. The number of hydrogen-bond acceptors (Lipinski definition) is 1. The van der Waals surface area contributed by atoms with Crippen LogP contribution in [0.3, 0.4) is 0 Å². The Morgan fingerprint density at radius 1 is 1.23 bits per heavy atom. The van der Waals surface area contributed by atoms with E-state index >= 15 is 0 Å². The summed E-state index contributed by atoms with van der Waals surface area (Å²) in [6.45, 7) is 1.15. The zero-order chi connectivity index (χ0) is 8.93. The molecule has 2 rings (SSSR count). The highest BCUT2D eigenvalue weighted by molar-refractivity contribution is 5.16. The molecule has 1 aromatic rings. The molecule has 0 spiro atoms. The molecular weight excluding hydrogens is 158 g/mol. The van der Waals surface area contributed by atoms with Crippen molar-refractivity contribution in [2.75, 3.05) is 6.54 Å². The van der Waals surface area contributed by atoms with Gasteiger partial charge in [0.15, 0.2) is 0 Å². The third kappa shape index (κ3) is 2.56. The molecule has 1 atom stereocenters. The fraction of sp³-hybridized carbons (Fsp3) is 0.417. The molecular formula is C12H16N. The van der Waals surface area contributed by atoms with Crippen LogP contribution in [0.1, 0.15) is 18.4 Å². The van der Waals surface area contributed by atoms with Gasteiger partial charge in [0.25, 0.3) is 0 Å². The molecule has 0 saturated carbocycles. The standard InChI is InChI=1S/C12H16N/c1-2-6-11(7-3-1)10-12-8-4-5-9-13-12/h1-4,6-7,12-13H,5,8-10H2. The molecule has 0 amide bonds. The van der Waals surface area contributed by atoms with Crippen LogP contribution in [0.4, 0.5) is 0 Å². The Balaban J connectivity index is 1.90. The number of rotatable bonds is 2. The second-order valence-corrected chi connectivity index (χ2v) is 3.65. The Morgan fingerprint density at radius 3 is 2.77 bits per heavy atom. The molecule has 1 aliphatic rings. The van der Waals surface area contributed by atoms with Crippen LogP contribution in [0.15, 0.2) is 30.3 Å². The lowest BCUT2D eigenvalue weighted by atomic mass is 9.98. The van der Waals surface area contributed by atoms with Crippen molar-refractivity contribution in [2.24, 2.45) is 0 Å². The Hall–Kier alpha value is -0.820. The molecule has 1 unspecified atom stereocenters. The van der Waals surface area contributed by atoms with E-state index in [1.807, 2.05) is 0 Å². The lowest BCUT2D eigenvalue weighted by molar-refractivity contribution is 0.456. The first-order valence-corrected chi connectivity index (χ1v) is 5.04. The van der Waals surface area contributed by atoms with Crippen molar-refractivity contribution in [1.29, 1.82) is 0 Å². The average molecular weight is 174 g/mol. The largest absolute Gasteiger partial charge is 0.314 e. The molecule has 0 aliphatic carbocycles. The molecule has 1 nitrogen and oxygen atoms in total. The van der Waals surface area contributed by atoms with Crippen LogP contribution < -0.4 is 5.32 Å². The molecule has 1 fully saturated rings. The van der Waals surface area contributed by atoms with E-state index in [0.717, 1.165) is 13.0 Å².